The molecule has 0 aromatic rings. The molecular weight excluding hydrogens is 839 g/mol. The van der Waals surface area contributed by atoms with Crippen LogP contribution in [0.25, 0.3) is 0 Å². The number of allylic oxidation sites excluding steroid dienone is 6. The quantitative estimate of drug-likeness (QED) is 0.0321. The largest absolute Gasteiger partial charge is 0.466 e. The van der Waals surface area contributed by atoms with Gasteiger partial charge in [-0.1, -0.05) is 256 Å². The van der Waals surface area contributed by atoms with Crippen molar-refractivity contribution in [2.75, 3.05) is 13.2 Å². The van der Waals surface area contributed by atoms with E-state index in [1.807, 2.05) is 0 Å². The van der Waals surface area contributed by atoms with Gasteiger partial charge in [-0.15, -0.1) is 0 Å². The minimum atomic E-state index is -0.676. The molecule has 3 N–H and O–H groups in total. The highest BCUT2D eigenvalue weighted by atomic mass is 16.5. The number of esters is 1. The number of unbranched alkanes of at least 4 members (excludes halogenated alkanes) is 39. The molecule has 0 aliphatic carbocycles. The molecule has 0 spiro atoms. The van der Waals surface area contributed by atoms with Crippen LogP contribution in [0.15, 0.2) is 36.5 Å². The summed E-state index contributed by atoms with van der Waals surface area (Å²) >= 11 is 0. The van der Waals surface area contributed by atoms with E-state index in [1.54, 1.807) is 0 Å². The van der Waals surface area contributed by atoms with Gasteiger partial charge in [0.05, 0.1) is 25.4 Å². The number of hydrogen-bond donors (Lipinski definition) is 3. The molecule has 6 heteroatoms. The molecule has 0 aliphatic heterocycles. The summed E-state index contributed by atoms with van der Waals surface area (Å²) in [5.41, 5.74) is 0. The third-order valence-corrected chi connectivity index (χ3v) is 13.9. The van der Waals surface area contributed by atoms with E-state index in [4.69, 9.17) is 4.74 Å². The second-order valence-corrected chi connectivity index (χ2v) is 20.7. The lowest BCUT2D eigenvalue weighted by molar-refractivity contribution is -0.143. The van der Waals surface area contributed by atoms with Gasteiger partial charge in [0.15, 0.2) is 0 Å². The predicted octanol–water partition coefficient (Wildman–Crippen LogP) is 18.8. The van der Waals surface area contributed by atoms with Gasteiger partial charge >= 0.3 is 5.97 Å². The fourth-order valence-corrected chi connectivity index (χ4v) is 9.25. The molecule has 0 saturated heterocycles. The Morgan fingerprint density at radius 3 is 1.15 bits per heavy atom. The Bertz CT molecular complexity index is 1100. The van der Waals surface area contributed by atoms with Gasteiger partial charge in [0.25, 0.3) is 0 Å². The first-order valence-corrected chi connectivity index (χ1v) is 30.2. The molecule has 68 heavy (non-hydrogen) atoms. The van der Waals surface area contributed by atoms with Crippen LogP contribution in [0, 0.1) is 0 Å². The summed E-state index contributed by atoms with van der Waals surface area (Å²) in [6.45, 7) is 4.90. The summed E-state index contributed by atoms with van der Waals surface area (Å²) in [7, 11) is 0. The number of ether oxygens (including phenoxy) is 1. The zero-order valence-corrected chi connectivity index (χ0v) is 45.6. The van der Waals surface area contributed by atoms with Gasteiger partial charge in [-0.05, 0) is 89.9 Å². The lowest BCUT2D eigenvalue weighted by Crippen LogP contribution is -2.45. The van der Waals surface area contributed by atoms with Crippen LogP contribution in [-0.4, -0.2) is 47.4 Å². The highest BCUT2D eigenvalue weighted by molar-refractivity contribution is 5.76. The van der Waals surface area contributed by atoms with Crippen LogP contribution in [0.2, 0.25) is 0 Å². The van der Waals surface area contributed by atoms with Crippen LogP contribution in [0.1, 0.15) is 322 Å². The van der Waals surface area contributed by atoms with Crippen LogP contribution in [-0.2, 0) is 14.3 Å². The minimum absolute atomic E-state index is 0.0245. The van der Waals surface area contributed by atoms with E-state index in [-0.39, 0.29) is 18.5 Å². The maximum absolute atomic E-state index is 12.5. The highest BCUT2D eigenvalue weighted by Gasteiger charge is 2.20. The van der Waals surface area contributed by atoms with Crippen molar-refractivity contribution in [3.05, 3.63) is 36.5 Å². The number of amides is 1. The number of carbonyl (C=O) groups is 2. The molecule has 0 radical (unpaired) electrons. The molecule has 0 saturated carbocycles. The molecule has 1 amide bonds. The van der Waals surface area contributed by atoms with Gasteiger partial charge in [-0.2, -0.15) is 0 Å². The van der Waals surface area contributed by atoms with Gasteiger partial charge in [0.2, 0.25) is 5.91 Å². The molecule has 6 nitrogen and oxygen atoms in total. The normalized spacial score (nSPS) is 12.8. The second-order valence-electron chi connectivity index (χ2n) is 20.7. The van der Waals surface area contributed by atoms with Crippen LogP contribution >= 0.6 is 0 Å². The van der Waals surface area contributed by atoms with E-state index in [0.29, 0.717) is 25.9 Å². The first-order valence-electron chi connectivity index (χ1n) is 30.2. The molecule has 0 fully saturated rings. The van der Waals surface area contributed by atoms with E-state index in [2.05, 4.69) is 55.6 Å². The molecule has 0 aliphatic rings. The van der Waals surface area contributed by atoms with E-state index in [1.165, 1.54) is 205 Å². The molecule has 0 heterocycles. The maximum Gasteiger partial charge on any atom is 0.305 e. The van der Waals surface area contributed by atoms with Crippen molar-refractivity contribution >= 4 is 11.9 Å². The van der Waals surface area contributed by atoms with Crippen molar-refractivity contribution in [2.45, 2.75) is 334 Å². The molecule has 2 atom stereocenters. The Morgan fingerprint density at radius 1 is 0.412 bits per heavy atom. The van der Waals surface area contributed by atoms with Gasteiger partial charge in [-0.25, -0.2) is 0 Å². The third kappa shape index (κ3) is 53.4. The number of rotatable bonds is 56. The summed E-state index contributed by atoms with van der Waals surface area (Å²) in [6.07, 6.45) is 71.4. The number of hydrogen-bond acceptors (Lipinski definition) is 5. The summed E-state index contributed by atoms with van der Waals surface area (Å²) < 4.78 is 5.44. The SMILES string of the molecule is CCCCCC/C=C\CCCCCCCC(=O)OCCCCC/C=C\C/C=C\CCCCCCCCCC(=O)NC(CO)C(O)CCCCCCCCCCCCCCCCCCCCCCC. The third-order valence-electron chi connectivity index (χ3n) is 13.9. The van der Waals surface area contributed by atoms with Crippen molar-refractivity contribution in [3.8, 4) is 0 Å². The molecule has 0 aromatic carbocycles. The Morgan fingerprint density at radius 2 is 0.735 bits per heavy atom. The van der Waals surface area contributed by atoms with Crippen molar-refractivity contribution in [1.82, 2.24) is 5.32 Å². The molecule has 2 unspecified atom stereocenters. The highest BCUT2D eigenvalue weighted by Crippen LogP contribution is 2.17. The van der Waals surface area contributed by atoms with E-state index in [0.717, 1.165) is 83.5 Å². The lowest BCUT2D eigenvalue weighted by Gasteiger charge is -2.22. The van der Waals surface area contributed by atoms with Crippen molar-refractivity contribution in [1.29, 1.82) is 0 Å². The number of aliphatic hydroxyl groups is 2. The Kier molecular flexibility index (Phi) is 56.0. The van der Waals surface area contributed by atoms with Crippen molar-refractivity contribution < 1.29 is 24.5 Å². The van der Waals surface area contributed by atoms with Gasteiger partial charge in [-0.3, -0.25) is 9.59 Å². The minimum Gasteiger partial charge on any atom is -0.466 e. The zero-order valence-electron chi connectivity index (χ0n) is 45.6. The number of aliphatic hydroxyl groups excluding tert-OH is 2. The summed E-state index contributed by atoms with van der Waals surface area (Å²) in [5, 5.41) is 23.3. The van der Waals surface area contributed by atoms with Gasteiger partial charge < -0.3 is 20.3 Å². The fourth-order valence-electron chi connectivity index (χ4n) is 9.25. The lowest BCUT2D eigenvalue weighted by atomic mass is 10.0. The summed E-state index contributed by atoms with van der Waals surface area (Å²) in [5.74, 6) is -0.0734. The number of carbonyl (C=O) groups excluding carboxylic acids is 2. The molecule has 400 valence electrons. The molecular formula is C62H117NO5. The van der Waals surface area contributed by atoms with Crippen LogP contribution in [0.3, 0.4) is 0 Å². The molecule has 0 rings (SSSR count). The van der Waals surface area contributed by atoms with Crippen LogP contribution in [0.5, 0.6) is 0 Å². The Labute approximate surface area is 424 Å². The van der Waals surface area contributed by atoms with Crippen molar-refractivity contribution in [2.24, 2.45) is 0 Å². The topological polar surface area (TPSA) is 95.9 Å². The van der Waals surface area contributed by atoms with Crippen molar-refractivity contribution in [3.63, 3.8) is 0 Å². The second kappa shape index (κ2) is 57.7. The molecule has 0 aromatic heterocycles. The van der Waals surface area contributed by atoms with E-state index < -0.39 is 12.1 Å². The zero-order chi connectivity index (χ0) is 49.3. The Balaban J connectivity index is 3.50. The van der Waals surface area contributed by atoms with E-state index >= 15 is 0 Å². The maximum atomic E-state index is 12.5. The first-order chi connectivity index (χ1) is 33.5. The van der Waals surface area contributed by atoms with Gasteiger partial charge in [0, 0.05) is 12.8 Å². The van der Waals surface area contributed by atoms with Gasteiger partial charge in [0.1, 0.15) is 0 Å². The smallest absolute Gasteiger partial charge is 0.305 e. The average Bonchev–Trinajstić information content (AvgIpc) is 3.34. The first kappa shape index (κ1) is 66.1. The predicted molar refractivity (Wildman–Crippen MR) is 296 cm³/mol. The number of nitrogens with one attached hydrogen (secondary N) is 1. The van der Waals surface area contributed by atoms with E-state index in [9.17, 15) is 19.8 Å². The average molecular weight is 957 g/mol. The fraction of sp³-hybridized carbons (Fsp3) is 0.871. The standard InChI is InChI=1S/C62H117NO5/c1-3-5-7-9-11-13-15-17-18-19-20-21-22-24-27-31-34-38-42-46-50-54-60(65)59(58-64)63-61(66)55-51-47-43-39-35-32-28-25-23-26-29-33-37-41-45-49-53-57-68-62(67)56-52-48-44-40-36-30-16-14-12-10-8-6-4-2/h14,16,23,26,33,37,59-60,64-65H,3-13,15,17-22,24-25,27-32,34-36,38-58H2,1-2H3,(H,63,66)/b16-14-,26-23-,37-33-. The van der Waals surface area contributed by atoms with Crippen LogP contribution < -0.4 is 5.32 Å². The molecule has 0 bridgehead atoms. The Hall–Kier alpha value is -1.92. The monoisotopic (exact) mass is 956 g/mol. The summed E-state index contributed by atoms with van der Waals surface area (Å²) in [6, 6.07) is -0.555. The van der Waals surface area contributed by atoms with Crippen LogP contribution in [0.4, 0.5) is 0 Å². The summed E-state index contributed by atoms with van der Waals surface area (Å²) in [4.78, 5) is 24.5.